The first kappa shape index (κ1) is 15.8. The van der Waals surface area contributed by atoms with Crippen LogP contribution >= 0.6 is 27.7 Å². The Hall–Kier alpha value is -1.54. The lowest BCUT2D eigenvalue weighted by molar-refractivity contribution is -0.137. The third-order valence-corrected chi connectivity index (χ3v) is 3.95. The molecule has 0 aliphatic carbocycles. The highest BCUT2D eigenvalue weighted by Gasteiger charge is 2.31. The first-order chi connectivity index (χ1) is 9.77. The summed E-state index contributed by atoms with van der Waals surface area (Å²) in [6.07, 6.45) is -3.06. The molecule has 2 aromatic rings. The van der Waals surface area contributed by atoms with E-state index in [0.29, 0.717) is 11.1 Å². The van der Waals surface area contributed by atoms with Gasteiger partial charge in [-0.25, -0.2) is 9.78 Å². The van der Waals surface area contributed by atoms with Gasteiger partial charge < -0.3 is 5.11 Å². The van der Waals surface area contributed by atoms with Crippen molar-refractivity contribution in [3.05, 3.63) is 52.1 Å². The van der Waals surface area contributed by atoms with E-state index in [1.54, 1.807) is 12.1 Å². The minimum absolute atomic E-state index is 0.199. The molecule has 0 radical (unpaired) electrons. The number of benzene rings is 1. The highest BCUT2D eigenvalue weighted by atomic mass is 79.9. The Morgan fingerprint density at radius 1 is 1.24 bits per heavy atom. The molecule has 0 amide bonds. The van der Waals surface area contributed by atoms with Gasteiger partial charge in [-0.1, -0.05) is 11.8 Å². The Kier molecular flexibility index (Phi) is 4.58. The van der Waals surface area contributed by atoms with Gasteiger partial charge in [0.15, 0.2) is 0 Å². The van der Waals surface area contributed by atoms with Gasteiger partial charge in [0.1, 0.15) is 5.03 Å². The van der Waals surface area contributed by atoms with Crippen LogP contribution in [0.15, 0.2) is 50.9 Å². The van der Waals surface area contributed by atoms with E-state index in [1.165, 1.54) is 6.20 Å². The third-order valence-electron chi connectivity index (χ3n) is 2.45. The topological polar surface area (TPSA) is 50.2 Å². The minimum Gasteiger partial charge on any atom is -0.478 e. The van der Waals surface area contributed by atoms with E-state index in [4.69, 9.17) is 5.11 Å². The molecule has 2 rings (SSSR count). The number of hydrogen-bond donors (Lipinski definition) is 1. The molecule has 0 aliphatic heterocycles. The van der Waals surface area contributed by atoms with E-state index >= 15 is 0 Å². The van der Waals surface area contributed by atoms with E-state index in [2.05, 4.69) is 20.9 Å². The van der Waals surface area contributed by atoms with E-state index in [9.17, 15) is 18.0 Å². The average Bonchev–Trinajstić information content (AvgIpc) is 2.40. The Morgan fingerprint density at radius 3 is 2.48 bits per heavy atom. The highest BCUT2D eigenvalue weighted by Crippen LogP contribution is 2.35. The number of nitrogens with zero attached hydrogens (tertiary/aromatic N) is 1. The van der Waals surface area contributed by atoms with Gasteiger partial charge in [0.25, 0.3) is 0 Å². The lowest BCUT2D eigenvalue weighted by Crippen LogP contribution is -2.08. The number of halogens is 4. The number of carboxylic acids is 1. The highest BCUT2D eigenvalue weighted by molar-refractivity contribution is 9.10. The van der Waals surface area contributed by atoms with Crippen molar-refractivity contribution in [2.75, 3.05) is 0 Å². The zero-order chi connectivity index (χ0) is 15.6. The number of aromatic carboxylic acids is 1. The maximum Gasteiger partial charge on any atom is 0.416 e. The summed E-state index contributed by atoms with van der Waals surface area (Å²) in [5, 5.41) is 9.56. The average molecular weight is 378 g/mol. The molecule has 0 spiro atoms. The fraction of sp³-hybridized carbons (Fsp3) is 0.0769. The number of carboxylic acid groups (broad SMARTS) is 1. The Morgan fingerprint density at radius 2 is 1.95 bits per heavy atom. The minimum atomic E-state index is -4.58. The molecule has 110 valence electrons. The van der Waals surface area contributed by atoms with E-state index in [1.807, 2.05) is 0 Å². The van der Waals surface area contributed by atoms with Crippen LogP contribution in [-0.4, -0.2) is 16.1 Å². The molecule has 0 atom stereocenters. The normalized spacial score (nSPS) is 11.4. The number of carbonyl (C=O) groups is 1. The van der Waals surface area contributed by atoms with Gasteiger partial charge in [-0.2, -0.15) is 13.2 Å². The molecule has 0 fully saturated rings. The van der Waals surface area contributed by atoms with Gasteiger partial charge in [0, 0.05) is 15.6 Å². The van der Waals surface area contributed by atoms with Gasteiger partial charge in [-0.3, -0.25) is 0 Å². The fourth-order valence-corrected chi connectivity index (χ4v) is 2.59. The number of pyridine rings is 1. The van der Waals surface area contributed by atoms with Gasteiger partial charge in [0.05, 0.1) is 11.1 Å². The van der Waals surface area contributed by atoms with Crippen LogP contribution in [0.3, 0.4) is 0 Å². The number of aromatic nitrogens is 1. The van der Waals surface area contributed by atoms with Crippen molar-refractivity contribution < 1.29 is 23.1 Å². The van der Waals surface area contributed by atoms with Crippen LogP contribution in [0, 0.1) is 0 Å². The molecule has 1 heterocycles. The summed E-state index contributed by atoms with van der Waals surface area (Å²) in [5.74, 6) is -1.42. The van der Waals surface area contributed by atoms with Gasteiger partial charge in [0.2, 0.25) is 0 Å². The standard InChI is InChI=1S/C13H7BrF3NO2S/c14-8-2-4-11(18-6-8)21-10-3-1-7(13(15,16)17)5-9(10)12(19)20/h1-6H,(H,19,20). The molecule has 1 N–H and O–H groups in total. The molecule has 1 aromatic heterocycles. The summed E-state index contributed by atoms with van der Waals surface area (Å²) >= 11 is 4.20. The van der Waals surface area contributed by atoms with Crippen LogP contribution in [0.5, 0.6) is 0 Å². The Balaban J connectivity index is 2.39. The van der Waals surface area contributed by atoms with Gasteiger partial charge >= 0.3 is 12.1 Å². The predicted octanol–water partition coefficient (Wildman–Crippen LogP) is 4.71. The zero-order valence-corrected chi connectivity index (χ0v) is 12.6. The maximum absolute atomic E-state index is 12.6. The summed E-state index contributed by atoms with van der Waals surface area (Å²) in [5.41, 5.74) is -1.40. The third kappa shape index (κ3) is 3.98. The van der Waals surface area contributed by atoms with Gasteiger partial charge in [-0.05, 0) is 46.3 Å². The van der Waals surface area contributed by atoms with E-state index < -0.39 is 23.3 Å². The summed E-state index contributed by atoms with van der Waals surface area (Å²) in [4.78, 5) is 15.4. The number of alkyl halides is 3. The van der Waals surface area contributed by atoms with Crippen molar-refractivity contribution in [2.24, 2.45) is 0 Å². The van der Waals surface area contributed by atoms with Crippen molar-refractivity contribution in [3.8, 4) is 0 Å². The second kappa shape index (κ2) is 6.07. The first-order valence-corrected chi connectivity index (χ1v) is 7.12. The van der Waals surface area contributed by atoms with Crippen molar-refractivity contribution >= 4 is 33.7 Å². The monoisotopic (exact) mass is 377 g/mol. The van der Waals surface area contributed by atoms with Crippen LogP contribution in [-0.2, 0) is 6.18 Å². The second-order valence-electron chi connectivity index (χ2n) is 3.93. The van der Waals surface area contributed by atoms with Crippen molar-refractivity contribution in [3.63, 3.8) is 0 Å². The van der Waals surface area contributed by atoms with Crippen molar-refractivity contribution in [2.45, 2.75) is 16.1 Å². The van der Waals surface area contributed by atoms with Crippen LogP contribution in [0.25, 0.3) is 0 Å². The second-order valence-corrected chi connectivity index (χ2v) is 5.91. The van der Waals surface area contributed by atoms with Crippen LogP contribution < -0.4 is 0 Å². The van der Waals surface area contributed by atoms with E-state index in [0.717, 1.165) is 28.4 Å². The molecule has 0 unspecified atom stereocenters. The molecule has 0 aliphatic rings. The predicted molar refractivity (Wildman–Crippen MR) is 74.5 cm³/mol. The first-order valence-electron chi connectivity index (χ1n) is 5.51. The summed E-state index contributed by atoms with van der Waals surface area (Å²) in [6, 6.07) is 5.97. The fourth-order valence-electron chi connectivity index (χ4n) is 1.50. The number of rotatable bonds is 3. The lowest BCUT2D eigenvalue weighted by Gasteiger charge is -2.10. The molecule has 8 heteroatoms. The molecule has 0 saturated heterocycles. The SMILES string of the molecule is O=C(O)c1cc(C(F)(F)F)ccc1Sc1ccc(Br)cn1. The van der Waals surface area contributed by atoms with Crippen LogP contribution in [0.1, 0.15) is 15.9 Å². The molecule has 21 heavy (non-hydrogen) atoms. The van der Waals surface area contributed by atoms with Gasteiger partial charge in [-0.15, -0.1) is 0 Å². The molecule has 0 bridgehead atoms. The quantitative estimate of drug-likeness (QED) is 0.841. The summed E-state index contributed by atoms with van der Waals surface area (Å²) in [6.45, 7) is 0. The molecule has 1 aromatic carbocycles. The molecular weight excluding hydrogens is 371 g/mol. The lowest BCUT2D eigenvalue weighted by atomic mass is 10.1. The Bertz CT molecular complexity index is 674. The van der Waals surface area contributed by atoms with Crippen molar-refractivity contribution in [1.29, 1.82) is 0 Å². The largest absolute Gasteiger partial charge is 0.478 e. The molecular formula is C13H7BrF3NO2S. The molecule has 3 nitrogen and oxygen atoms in total. The van der Waals surface area contributed by atoms with Crippen LogP contribution in [0.4, 0.5) is 13.2 Å². The smallest absolute Gasteiger partial charge is 0.416 e. The van der Waals surface area contributed by atoms with Crippen LogP contribution in [0.2, 0.25) is 0 Å². The molecule has 0 saturated carbocycles. The number of hydrogen-bond acceptors (Lipinski definition) is 3. The summed E-state index contributed by atoms with van der Waals surface area (Å²) < 4.78 is 38.6. The summed E-state index contributed by atoms with van der Waals surface area (Å²) in [7, 11) is 0. The van der Waals surface area contributed by atoms with E-state index in [-0.39, 0.29) is 4.90 Å². The zero-order valence-electron chi connectivity index (χ0n) is 10.2. The Labute approximate surface area is 130 Å². The van der Waals surface area contributed by atoms with Crippen molar-refractivity contribution in [1.82, 2.24) is 4.98 Å². The maximum atomic E-state index is 12.6.